The molecule has 1 heterocycles. The van der Waals surface area contributed by atoms with Crippen molar-refractivity contribution in [3.05, 3.63) is 0 Å². The molecule has 0 amide bonds. The molecule has 0 bridgehead atoms. The Balaban J connectivity index is 2.60. The van der Waals surface area contributed by atoms with Crippen LogP contribution in [0, 0.1) is 0 Å². The zero-order valence-electron chi connectivity index (χ0n) is 11.5. The highest BCUT2D eigenvalue weighted by Crippen LogP contribution is 2.12. The van der Waals surface area contributed by atoms with Crippen LogP contribution in [0.1, 0.15) is 39.0 Å². The summed E-state index contributed by atoms with van der Waals surface area (Å²) in [6, 6.07) is 0.194. The first-order valence-corrected chi connectivity index (χ1v) is 8.49. The molecule has 1 saturated heterocycles. The van der Waals surface area contributed by atoms with E-state index in [-0.39, 0.29) is 18.2 Å². The van der Waals surface area contributed by atoms with Gasteiger partial charge in [-0.1, -0.05) is 13.3 Å². The Morgan fingerprint density at radius 1 is 1.42 bits per heavy atom. The zero-order chi connectivity index (χ0) is 14.3. The Kier molecular flexibility index (Phi) is 6.74. The minimum Gasteiger partial charge on any atom is -0.481 e. The third-order valence-electron chi connectivity index (χ3n) is 3.28. The molecule has 1 unspecified atom stereocenters. The van der Waals surface area contributed by atoms with Crippen LogP contribution in [0.2, 0.25) is 0 Å². The number of carbonyl (C=O) groups is 1. The van der Waals surface area contributed by atoms with E-state index in [4.69, 9.17) is 5.11 Å². The van der Waals surface area contributed by atoms with E-state index in [0.717, 1.165) is 32.2 Å². The lowest BCUT2D eigenvalue weighted by molar-refractivity contribution is -0.136. The number of hydrogen-bond donors (Lipinski definition) is 2. The minimum absolute atomic E-state index is 0.194. The van der Waals surface area contributed by atoms with Crippen LogP contribution < -0.4 is 5.32 Å². The number of nitrogens with one attached hydrogen (secondary N) is 1. The molecule has 6 nitrogen and oxygen atoms in total. The van der Waals surface area contributed by atoms with Crippen molar-refractivity contribution >= 4 is 16.0 Å². The summed E-state index contributed by atoms with van der Waals surface area (Å²) in [6.07, 6.45) is 3.64. The van der Waals surface area contributed by atoms with E-state index >= 15 is 0 Å². The zero-order valence-corrected chi connectivity index (χ0v) is 12.3. The molecule has 1 rings (SSSR count). The Morgan fingerprint density at radius 3 is 2.68 bits per heavy atom. The standard InChI is InChI=1S/C12H24N2O4S/c1-2-8-14(10-11-5-3-4-7-13-11)19(17,18)9-6-12(15)16/h11,13H,2-10H2,1H3,(H,15,16). The van der Waals surface area contributed by atoms with E-state index in [0.29, 0.717) is 13.1 Å². The fraction of sp³-hybridized carbons (Fsp3) is 0.917. The molecule has 1 aliphatic heterocycles. The number of rotatable bonds is 8. The molecule has 1 atom stereocenters. The van der Waals surface area contributed by atoms with Gasteiger partial charge in [-0.05, 0) is 25.8 Å². The van der Waals surface area contributed by atoms with Gasteiger partial charge < -0.3 is 10.4 Å². The topological polar surface area (TPSA) is 86.7 Å². The van der Waals surface area contributed by atoms with Gasteiger partial charge in [0.15, 0.2) is 0 Å². The van der Waals surface area contributed by atoms with Crippen molar-refractivity contribution in [1.82, 2.24) is 9.62 Å². The van der Waals surface area contributed by atoms with Crippen molar-refractivity contribution in [3.8, 4) is 0 Å². The summed E-state index contributed by atoms with van der Waals surface area (Å²) in [4.78, 5) is 10.5. The van der Waals surface area contributed by atoms with E-state index in [1.807, 2.05) is 6.92 Å². The van der Waals surface area contributed by atoms with Gasteiger partial charge in [-0.3, -0.25) is 4.79 Å². The number of sulfonamides is 1. The lowest BCUT2D eigenvalue weighted by atomic mass is 10.1. The van der Waals surface area contributed by atoms with E-state index in [1.54, 1.807) is 0 Å². The molecule has 0 aromatic heterocycles. The molecule has 0 aliphatic carbocycles. The van der Waals surface area contributed by atoms with E-state index < -0.39 is 16.0 Å². The van der Waals surface area contributed by atoms with Crippen LogP contribution in [0.3, 0.4) is 0 Å². The lowest BCUT2D eigenvalue weighted by Gasteiger charge is -2.29. The van der Waals surface area contributed by atoms with Crippen molar-refractivity contribution in [1.29, 1.82) is 0 Å². The predicted octanol–water partition coefficient (Wildman–Crippen LogP) is 0.645. The maximum absolute atomic E-state index is 12.1. The van der Waals surface area contributed by atoms with Crippen LogP contribution in [0.4, 0.5) is 0 Å². The van der Waals surface area contributed by atoms with Gasteiger partial charge in [0.05, 0.1) is 12.2 Å². The summed E-state index contributed by atoms with van der Waals surface area (Å²) in [7, 11) is -3.47. The molecule has 0 spiro atoms. The van der Waals surface area contributed by atoms with E-state index in [2.05, 4.69) is 5.32 Å². The molecule has 0 aromatic carbocycles. The van der Waals surface area contributed by atoms with Crippen LogP contribution >= 0.6 is 0 Å². The van der Waals surface area contributed by atoms with Crippen LogP contribution in [0.5, 0.6) is 0 Å². The predicted molar refractivity (Wildman–Crippen MR) is 73.5 cm³/mol. The van der Waals surface area contributed by atoms with Gasteiger partial charge in [-0.25, -0.2) is 12.7 Å². The fourth-order valence-corrected chi connectivity index (χ4v) is 3.82. The van der Waals surface area contributed by atoms with E-state index in [9.17, 15) is 13.2 Å². The fourth-order valence-electron chi connectivity index (χ4n) is 2.26. The van der Waals surface area contributed by atoms with E-state index in [1.165, 1.54) is 4.31 Å². The third kappa shape index (κ3) is 5.88. The first-order chi connectivity index (χ1) is 8.95. The van der Waals surface area contributed by atoms with Crippen molar-refractivity contribution in [2.24, 2.45) is 0 Å². The summed E-state index contributed by atoms with van der Waals surface area (Å²) in [5, 5.41) is 11.9. The van der Waals surface area contributed by atoms with Crippen LogP contribution in [-0.2, 0) is 14.8 Å². The summed E-state index contributed by atoms with van der Waals surface area (Å²) in [5.41, 5.74) is 0. The van der Waals surface area contributed by atoms with Gasteiger partial charge in [0, 0.05) is 19.1 Å². The highest BCUT2D eigenvalue weighted by molar-refractivity contribution is 7.89. The van der Waals surface area contributed by atoms with Crippen molar-refractivity contribution in [2.75, 3.05) is 25.4 Å². The smallest absolute Gasteiger partial charge is 0.304 e. The molecule has 0 aromatic rings. The van der Waals surface area contributed by atoms with Gasteiger partial charge in [0.1, 0.15) is 0 Å². The van der Waals surface area contributed by atoms with Gasteiger partial charge >= 0.3 is 5.97 Å². The lowest BCUT2D eigenvalue weighted by Crippen LogP contribution is -2.46. The Morgan fingerprint density at radius 2 is 2.16 bits per heavy atom. The number of carboxylic acid groups (broad SMARTS) is 1. The molecular formula is C12H24N2O4S. The Labute approximate surface area is 115 Å². The molecule has 1 fully saturated rings. The van der Waals surface area contributed by atoms with Crippen LogP contribution in [0.15, 0.2) is 0 Å². The molecule has 19 heavy (non-hydrogen) atoms. The maximum atomic E-state index is 12.1. The summed E-state index contributed by atoms with van der Waals surface area (Å²) >= 11 is 0. The van der Waals surface area contributed by atoms with Crippen LogP contribution in [0.25, 0.3) is 0 Å². The molecule has 7 heteroatoms. The van der Waals surface area contributed by atoms with Crippen LogP contribution in [-0.4, -0.2) is 55.2 Å². The SMILES string of the molecule is CCCN(CC1CCCCN1)S(=O)(=O)CCC(=O)O. The highest BCUT2D eigenvalue weighted by Gasteiger charge is 2.25. The molecule has 1 aliphatic rings. The quantitative estimate of drug-likeness (QED) is 0.686. The van der Waals surface area contributed by atoms with Gasteiger partial charge in [0.2, 0.25) is 10.0 Å². The average Bonchev–Trinajstić information content (AvgIpc) is 2.37. The summed E-state index contributed by atoms with van der Waals surface area (Å²) in [5.74, 6) is -1.38. The van der Waals surface area contributed by atoms with Crippen molar-refractivity contribution in [3.63, 3.8) is 0 Å². The highest BCUT2D eigenvalue weighted by atomic mass is 32.2. The minimum atomic E-state index is -3.47. The van der Waals surface area contributed by atoms with Crippen molar-refractivity contribution in [2.45, 2.75) is 45.1 Å². The summed E-state index contributed by atoms with van der Waals surface area (Å²) < 4.78 is 25.7. The first kappa shape index (κ1) is 16.4. The van der Waals surface area contributed by atoms with Gasteiger partial charge in [-0.15, -0.1) is 0 Å². The van der Waals surface area contributed by atoms with Gasteiger partial charge in [-0.2, -0.15) is 0 Å². The van der Waals surface area contributed by atoms with Crippen molar-refractivity contribution < 1.29 is 18.3 Å². The monoisotopic (exact) mass is 292 g/mol. The largest absolute Gasteiger partial charge is 0.481 e. The number of piperidine rings is 1. The molecule has 112 valence electrons. The molecule has 2 N–H and O–H groups in total. The normalized spacial score (nSPS) is 20.6. The molecule has 0 saturated carbocycles. The summed E-state index contributed by atoms with van der Waals surface area (Å²) in [6.45, 7) is 3.77. The number of hydrogen-bond acceptors (Lipinski definition) is 4. The second-order valence-electron chi connectivity index (χ2n) is 4.96. The Bertz CT molecular complexity index is 377. The number of carboxylic acids is 1. The number of aliphatic carboxylic acids is 1. The first-order valence-electron chi connectivity index (χ1n) is 6.88. The second-order valence-corrected chi connectivity index (χ2v) is 7.05. The Hall–Kier alpha value is -0.660. The second kappa shape index (κ2) is 7.81. The maximum Gasteiger partial charge on any atom is 0.304 e. The number of nitrogens with zero attached hydrogens (tertiary/aromatic N) is 1. The molecule has 0 radical (unpaired) electrons. The van der Waals surface area contributed by atoms with Gasteiger partial charge in [0.25, 0.3) is 0 Å². The third-order valence-corrected chi connectivity index (χ3v) is 5.12. The molecular weight excluding hydrogens is 268 g/mol. The average molecular weight is 292 g/mol.